The maximum absolute atomic E-state index is 12.4. The normalized spacial score (nSPS) is 14.5. The molecule has 0 bridgehead atoms. The van der Waals surface area contributed by atoms with Crippen molar-refractivity contribution in [1.29, 1.82) is 0 Å². The summed E-state index contributed by atoms with van der Waals surface area (Å²) >= 11 is 0. The third-order valence-electron chi connectivity index (χ3n) is 5.73. The van der Waals surface area contributed by atoms with E-state index in [0.29, 0.717) is 0 Å². The van der Waals surface area contributed by atoms with E-state index in [2.05, 4.69) is 0 Å². The summed E-state index contributed by atoms with van der Waals surface area (Å²) < 4.78 is 22.9. The fourth-order valence-corrected chi connectivity index (χ4v) is 4.33. The molecule has 176 valence electrons. The van der Waals surface area contributed by atoms with E-state index >= 15 is 0 Å². The quantitative estimate of drug-likeness (QED) is 0.235. The first-order valence-electron chi connectivity index (χ1n) is 10.9. The van der Waals surface area contributed by atoms with E-state index in [9.17, 15) is 5.11 Å². The van der Waals surface area contributed by atoms with Crippen LogP contribution in [0, 0.1) is 0 Å². The second-order valence-corrected chi connectivity index (χ2v) is 7.52. The Bertz CT molecular complexity index is 838. The largest absolute Gasteiger partial charge is 0.394 e. The second kappa shape index (κ2) is 12.0. The van der Waals surface area contributed by atoms with Gasteiger partial charge < -0.3 is 29.2 Å². The fraction of sp³-hybridized carbons (Fsp3) is 0.333. The molecular weight excluding hydrogens is 420 g/mol. The van der Waals surface area contributed by atoms with E-state index in [4.69, 9.17) is 24.1 Å². The standard InChI is InChI=1S/C27H32O6/c1-30-25(33-21-20-32-19-18-28)27(29,31-2)26(22-12-6-3-7-13-22,23-14-8-4-9-15-23)24-16-10-5-11-17-24/h3-17,25,28-29H,18-21H2,1-2H3. The number of ether oxygens (including phenoxy) is 4. The number of hydrogen-bond acceptors (Lipinski definition) is 6. The molecular formula is C27H32O6. The Morgan fingerprint density at radius 3 is 1.52 bits per heavy atom. The van der Waals surface area contributed by atoms with Crippen molar-refractivity contribution in [2.45, 2.75) is 17.5 Å². The number of aliphatic hydroxyl groups is 2. The third-order valence-corrected chi connectivity index (χ3v) is 5.73. The van der Waals surface area contributed by atoms with Gasteiger partial charge in [0.15, 0.2) is 0 Å². The highest BCUT2D eigenvalue weighted by molar-refractivity contribution is 5.53. The predicted octanol–water partition coefficient (Wildman–Crippen LogP) is 3.35. The van der Waals surface area contributed by atoms with E-state index in [1.807, 2.05) is 91.0 Å². The maximum atomic E-state index is 12.4. The Morgan fingerprint density at radius 2 is 1.15 bits per heavy atom. The molecule has 6 heteroatoms. The Hall–Kier alpha value is -2.58. The van der Waals surface area contributed by atoms with Gasteiger partial charge in [0.2, 0.25) is 12.1 Å². The highest BCUT2D eigenvalue weighted by Gasteiger charge is 2.60. The van der Waals surface area contributed by atoms with E-state index < -0.39 is 17.5 Å². The molecule has 0 heterocycles. The molecule has 2 unspecified atom stereocenters. The minimum Gasteiger partial charge on any atom is -0.394 e. The van der Waals surface area contributed by atoms with Gasteiger partial charge in [-0.1, -0.05) is 91.0 Å². The number of hydrogen-bond donors (Lipinski definition) is 2. The smallest absolute Gasteiger partial charge is 0.236 e. The lowest BCUT2D eigenvalue weighted by atomic mass is 9.63. The topological polar surface area (TPSA) is 77.4 Å². The van der Waals surface area contributed by atoms with Crippen molar-refractivity contribution < 1.29 is 29.2 Å². The van der Waals surface area contributed by atoms with Gasteiger partial charge in [0, 0.05) is 14.2 Å². The van der Waals surface area contributed by atoms with Crippen molar-refractivity contribution in [3.8, 4) is 0 Å². The molecule has 0 aliphatic heterocycles. The SMILES string of the molecule is COC(OCCOCCO)C(O)(OC)C(c1ccccc1)(c1ccccc1)c1ccccc1. The third kappa shape index (κ3) is 5.01. The Labute approximate surface area is 195 Å². The first kappa shape index (κ1) is 25.1. The predicted molar refractivity (Wildman–Crippen MR) is 126 cm³/mol. The molecule has 0 spiro atoms. The summed E-state index contributed by atoms with van der Waals surface area (Å²) in [5.74, 6) is -1.97. The van der Waals surface area contributed by atoms with Crippen LogP contribution in [0.5, 0.6) is 0 Å². The van der Waals surface area contributed by atoms with Crippen LogP contribution in [0.1, 0.15) is 16.7 Å². The van der Waals surface area contributed by atoms with Crippen LogP contribution < -0.4 is 0 Å². The lowest BCUT2D eigenvalue weighted by Gasteiger charge is -2.49. The van der Waals surface area contributed by atoms with Crippen LogP contribution in [0.15, 0.2) is 91.0 Å². The van der Waals surface area contributed by atoms with Crippen molar-refractivity contribution in [2.24, 2.45) is 0 Å². The fourth-order valence-electron chi connectivity index (χ4n) is 4.33. The van der Waals surface area contributed by atoms with Crippen molar-refractivity contribution in [1.82, 2.24) is 0 Å². The van der Waals surface area contributed by atoms with Gasteiger partial charge in [0.1, 0.15) is 5.41 Å². The minimum absolute atomic E-state index is 0.0746. The molecule has 0 saturated heterocycles. The molecule has 2 atom stereocenters. The molecule has 33 heavy (non-hydrogen) atoms. The van der Waals surface area contributed by atoms with Crippen molar-refractivity contribution in [2.75, 3.05) is 40.6 Å². The van der Waals surface area contributed by atoms with Crippen LogP contribution >= 0.6 is 0 Å². The van der Waals surface area contributed by atoms with Crippen LogP contribution in [0.4, 0.5) is 0 Å². The molecule has 0 fully saturated rings. The van der Waals surface area contributed by atoms with Gasteiger partial charge in [-0.25, -0.2) is 0 Å². The minimum atomic E-state index is -1.97. The Morgan fingerprint density at radius 1 is 0.697 bits per heavy atom. The molecule has 0 radical (unpaired) electrons. The average molecular weight is 453 g/mol. The lowest BCUT2D eigenvalue weighted by Crippen LogP contribution is -2.63. The molecule has 2 N–H and O–H groups in total. The molecule has 0 aromatic heterocycles. The highest BCUT2D eigenvalue weighted by atomic mass is 16.7. The molecule has 0 aliphatic rings. The zero-order chi connectivity index (χ0) is 23.6. The van der Waals surface area contributed by atoms with Gasteiger partial charge >= 0.3 is 0 Å². The summed E-state index contributed by atoms with van der Waals surface area (Å²) in [7, 11) is 2.91. The summed E-state index contributed by atoms with van der Waals surface area (Å²) in [5, 5.41) is 21.3. The van der Waals surface area contributed by atoms with Crippen LogP contribution in [0.3, 0.4) is 0 Å². The lowest BCUT2D eigenvalue weighted by molar-refractivity contribution is -0.341. The molecule has 0 amide bonds. The maximum Gasteiger partial charge on any atom is 0.236 e. The van der Waals surface area contributed by atoms with Crippen LogP contribution in [-0.4, -0.2) is 62.9 Å². The van der Waals surface area contributed by atoms with E-state index in [1.54, 1.807) is 0 Å². The molecule has 0 aliphatic carbocycles. The Balaban J connectivity index is 2.22. The second-order valence-electron chi connectivity index (χ2n) is 7.52. The summed E-state index contributed by atoms with van der Waals surface area (Å²) in [4.78, 5) is 0. The first-order chi connectivity index (χ1) is 16.1. The highest BCUT2D eigenvalue weighted by Crippen LogP contribution is 2.50. The van der Waals surface area contributed by atoms with Gasteiger partial charge in [0.05, 0.1) is 26.4 Å². The zero-order valence-corrected chi connectivity index (χ0v) is 19.1. The summed E-state index contributed by atoms with van der Waals surface area (Å²) in [6.07, 6.45) is -1.17. The van der Waals surface area contributed by atoms with Gasteiger partial charge in [0.25, 0.3) is 0 Å². The number of benzene rings is 3. The first-order valence-corrected chi connectivity index (χ1v) is 10.9. The molecule has 6 nitrogen and oxygen atoms in total. The summed E-state index contributed by atoms with van der Waals surface area (Å²) in [5.41, 5.74) is 1.25. The summed E-state index contributed by atoms with van der Waals surface area (Å²) in [6.45, 7) is 0.500. The van der Waals surface area contributed by atoms with Gasteiger partial charge in [-0.2, -0.15) is 0 Å². The van der Waals surface area contributed by atoms with Crippen molar-refractivity contribution in [3.05, 3.63) is 108 Å². The number of aliphatic hydroxyl groups excluding tert-OH is 1. The molecule has 0 saturated carbocycles. The van der Waals surface area contributed by atoms with Gasteiger partial charge in [-0.15, -0.1) is 0 Å². The zero-order valence-electron chi connectivity index (χ0n) is 19.1. The molecule has 3 aromatic rings. The monoisotopic (exact) mass is 452 g/mol. The van der Waals surface area contributed by atoms with E-state index in [-0.39, 0.29) is 26.4 Å². The number of methoxy groups -OCH3 is 2. The van der Waals surface area contributed by atoms with Crippen molar-refractivity contribution in [3.63, 3.8) is 0 Å². The van der Waals surface area contributed by atoms with Crippen LogP contribution in [0.2, 0.25) is 0 Å². The average Bonchev–Trinajstić information content (AvgIpc) is 2.88. The van der Waals surface area contributed by atoms with Gasteiger partial charge in [-0.3, -0.25) is 0 Å². The molecule has 3 rings (SSSR count). The van der Waals surface area contributed by atoms with Crippen LogP contribution in [0.25, 0.3) is 0 Å². The molecule has 3 aromatic carbocycles. The van der Waals surface area contributed by atoms with Gasteiger partial charge in [-0.05, 0) is 16.7 Å². The van der Waals surface area contributed by atoms with Crippen LogP contribution in [-0.2, 0) is 24.4 Å². The van der Waals surface area contributed by atoms with E-state index in [0.717, 1.165) is 16.7 Å². The van der Waals surface area contributed by atoms with Crippen molar-refractivity contribution >= 4 is 0 Å². The summed E-state index contributed by atoms with van der Waals surface area (Å²) in [6, 6.07) is 29.1. The Kier molecular flexibility index (Phi) is 9.14. The number of rotatable bonds is 13. The van der Waals surface area contributed by atoms with E-state index in [1.165, 1.54) is 14.2 Å².